The van der Waals surface area contributed by atoms with Gasteiger partial charge in [-0.3, -0.25) is 0 Å². The van der Waals surface area contributed by atoms with Crippen LogP contribution in [0.5, 0.6) is 11.5 Å². The SMILES string of the molecule is CCc1cc(-c2cc(OC)ccc2O)nc(N2CCCC2)n1. The topological polar surface area (TPSA) is 58.5 Å². The van der Waals surface area contributed by atoms with Crippen molar-refractivity contribution in [2.75, 3.05) is 25.1 Å². The number of rotatable bonds is 4. The summed E-state index contributed by atoms with van der Waals surface area (Å²) in [4.78, 5) is 11.5. The van der Waals surface area contributed by atoms with E-state index in [1.54, 1.807) is 19.2 Å². The zero-order valence-electron chi connectivity index (χ0n) is 13.0. The van der Waals surface area contributed by atoms with Crippen molar-refractivity contribution in [3.05, 3.63) is 30.0 Å². The van der Waals surface area contributed by atoms with Crippen LogP contribution in [-0.2, 0) is 6.42 Å². The van der Waals surface area contributed by atoms with Crippen molar-refractivity contribution in [2.45, 2.75) is 26.2 Å². The van der Waals surface area contributed by atoms with Crippen molar-refractivity contribution in [1.29, 1.82) is 0 Å². The van der Waals surface area contributed by atoms with Gasteiger partial charge in [0, 0.05) is 24.3 Å². The normalized spacial score (nSPS) is 14.4. The number of ether oxygens (including phenoxy) is 1. The number of aromatic nitrogens is 2. The minimum absolute atomic E-state index is 0.203. The Morgan fingerprint density at radius 1 is 1.18 bits per heavy atom. The molecule has 1 aliphatic heterocycles. The van der Waals surface area contributed by atoms with Gasteiger partial charge < -0.3 is 14.7 Å². The molecule has 0 atom stereocenters. The van der Waals surface area contributed by atoms with Crippen LogP contribution in [0.4, 0.5) is 5.95 Å². The number of nitrogens with zero attached hydrogens (tertiary/aromatic N) is 3. The standard InChI is InChI=1S/C17H21N3O2/c1-3-12-10-15(14-11-13(22-2)6-7-16(14)21)19-17(18-12)20-8-4-5-9-20/h6-7,10-11,21H,3-5,8-9H2,1-2H3. The minimum atomic E-state index is 0.203. The average molecular weight is 299 g/mol. The molecule has 0 amide bonds. The van der Waals surface area contributed by atoms with Gasteiger partial charge in [0.05, 0.1) is 12.8 Å². The van der Waals surface area contributed by atoms with E-state index >= 15 is 0 Å². The maximum atomic E-state index is 10.2. The summed E-state index contributed by atoms with van der Waals surface area (Å²) in [6.45, 7) is 4.07. The number of benzene rings is 1. The Hall–Kier alpha value is -2.30. The molecule has 1 fully saturated rings. The summed E-state index contributed by atoms with van der Waals surface area (Å²) in [6, 6.07) is 7.12. The van der Waals surface area contributed by atoms with E-state index in [-0.39, 0.29) is 5.75 Å². The number of methoxy groups -OCH3 is 1. The van der Waals surface area contributed by atoms with E-state index in [2.05, 4.69) is 21.8 Å². The molecule has 3 rings (SSSR count). The van der Waals surface area contributed by atoms with Crippen molar-refractivity contribution >= 4 is 5.95 Å². The molecule has 5 heteroatoms. The minimum Gasteiger partial charge on any atom is -0.507 e. The Morgan fingerprint density at radius 3 is 2.64 bits per heavy atom. The van der Waals surface area contributed by atoms with Crippen molar-refractivity contribution < 1.29 is 9.84 Å². The molecule has 0 spiro atoms. The second kappa shape index (κ2) is 6.22. The quantitative estimate of drug-likeness (QED) is 0.940. The third-order valence-electron chi connectivity index (χ3n) is 4.00. The molecule has 1 N–H and O–H groups in total. The van der Waals surface area contributed by atoms with E-state index in [0.717, 1.165) is 36.8 Å². The van der Waals surface area contributed by atoms with Gasteiger partial charge in [0.1, 0.15) is 11.5 Å². The molecule has 1 aliphatic rings. The lowest BCUT2D eigenvalue weighted by atomic mass is 10.1. The van der Waals surface area contributed by atoms with Gasteiger partial charge in [0.2, 0.25) is 5.95 Å². The third-order valence-corrected chi connectivity index (χ3v) is 4.00. The summed E-state index contributed by atoms with van der Waals surface area (Å²) < 4.78 is 5.25. The summed E-state index contributed by atoms with van der Waals surface area (Å²) >= 11 is 0. The molecular formula is C17H21N3O2. The Morgan fingerprint density at radius 2 is 1.95 bits per heavy atom. The molecule has 0 aliphatic carbocycles. The fourth-order valence-corrected chi connectivity index (χ4v) is 2.71. The maximum Gasteiger partial charge on any atom is 0.226 e. The van der Waals surface area contributed by atoms with Crippen molar-refractivity contribution in [3.63, 3.8) is 0 Å². The highest BCUT2D eigenvalue weighted by molar-refractivity contribution is 5.69. The Labute approximate surface area is 130 Å². The van der Waals surface area contributed by atoms with Crippen LogP contribution in [0.1, 0.15) is 25.5 Å². The predicted octanol–water partition coefficient (Wildman–Crippen LogP) is 3.02. The van der Waals surface area contributed by atoms with Crippen LogP contribution in [0.3, 0.4) is 0 Å². The van der Waals surface area contributed by atoms with Crippen LogP contribution in [0, 0.1) is 0 Å². The molecule has 2 aromatic rings. The van der Waals surface area contributed by atoms with Gasteiger partial charge in [-0.15, -0.1) is 0 Å². The molecule has 2 heterocycles. The van der Waals surface area contributed by atoms with Crippen LogP contribution in [-0.4, -0.2) is 35.3 Å². The largest absolute Gasteiger partial charge is 0.507 e. The van der Waals surface area contributed by atoms with Gasteiger partial charge in [-0.25, -0.2) is 9.97 Å². The fraction of sp³-hybridized carbons (Fsp3) is 0.412. The number of phenols is 1. The van der Waals surface area contributed by atoms with Crippen LogP contribution >= 0.6 is 0 Å². The first-order chi connectivity index (χ1) is 10.7. The molecule has 0 radical (unpaired) electrons. The summed E-state index contributed by atoms with van der Waals surface area (Å²) in [7, 11) is 1.61. The van der Waals surface area contributed by atoms with Crippen molar-refractivity contribution in [2.24, 2.45) is 0 Å². The lowest BCUT2D eigenvalue weighted by Crippen LogP contribution is -2.21. The number of anilines is 1. The number of phenolic OH excluding ortho intramolecular Hbond substituents is 1. The third kappa shape index (κ3) is 2.84. The molecule has 22 heavy (non-hydrogen) atoms. The molecule has 116 valence electrons. The van der Waals surface area contributed by atoms with Gasteiger partial charge in [-0.1, -0.05) is 6.92 Å². The Bertz CT molecular complexity index is 667. The van der Waals surface area contributed by atoms with Gasteiger partial charge in [-0.2, -0.15) is 0 Å². The van der Waals surface area contributed by atoms with Crippen LogP contribution in [0.2, 0.25) is 0 Å². The molecule has 1 aromatic heterocycles. The monoisotopic (exact) mass is 299 g/mol. The van der Waals surface area contributed by atoms with E-state index in [4.69, 9.17) is 4.74 Å². The molecule has 5 nitrogen and oxygen atoms in total. The average Bonchev–Trinajstić information content (AvgIpc) is 3.09. The van der Waals surface area contributed by atoms with E-state index in [9.17, 15) is 5.11 Å². The second-order valence-electron chi connectivity index (χ2n) is 5.48. The molecule has 1 saturated heterocycles. The first kappa shape index (κ1) is 14.6. The smallest absolute Gasteiger partial charge is 0.226 e. The lowest BCUT2D eigenvalue weighted by molar-refractivity contribution is 0.412. The van der Waals surface area contributed by atoms with E-state index < -0.39 is 0 Å². The van der Waals surface area contributed by atoms with Gasteiger partial charge in [-0.05, 0) is 43.5 Å². The van der Waals surface area contributed by atoms with Gasteiger partial charge in [0.15, 0.2) is 0 Å². The number of hydrogen-bond donors (Lipinski definition) is 1. The maximum absolute atomic E-state index is 10.2. The Balaban J connectivity index is 2.07. The lowest BCUT2D eigenvalue weighted by Gasteiger charge is -2.17. The van der Waals surface area contributed by atoms with Gasteiger partial charge >= 0.3 is 0 Å². The zero-order chi connectivity index (χ0) is 15.5. The zero-order valence-corrected chi connectivity index (χ0v) is 13.0. The van der Waals surface area contributed by atoms with Crippen LogP contribution in [0.25, 0.3) is 11.3 Å². The molecule has 0 bridgehead atoms. The highest BCUT2D eigenvalue weighted by Gasteiger charge is 2.18. The fourth-order valence-electron chi connectivity index (χ4n) is 2.71. The molecule has 0 unspecified atom stereocenters. The summed E-state index contributed by atoms with van der Waals surface area (Å²) in [5, 5.41) is 10.2. The summed E-state index contributed by atoms with van der Waals surface area (Å²) in [5.74, 6) is 1.66. The van der Waals surface area contributed by atoms with Crippen molar-refractivity contribution in [3.8, 4) is 22.8 Å². The highest BCUT2D eigenvalue weighted by atomic mass is 16.5. The van der Waals surface area contributed by atoms with Crippen molar-refractivity contribution in [1.82, 2.24) is 9.97 Å². The first-order valence-corrected chi connectivity index (χ1v) is 7.71. The molecular weight excluding hydrogens is 278 g/mol. The number of aryl methyl sites for hydroxylation is 1. The first-order valence-electron chi connectivity index (χ1n) is 7.71. The number of aromatic hydroxyl groups is 1. The summed E-state index contributed by atoms with van der Waals surface area (Å²) in [5.41, 5.74) is 2.40. The number of hydrogen-bond acceptors (Lipinski definition) is 5. The van der Waals surface area contributed by atoms with E-state index in [0.29, 0.717) is 11.3 Å². The van der Waals surface area contributed by atoms with Crippen LogP contribution in [0.15, 0.2) is 24.3 Å². The molecule has 1 aromatic carbocycles. The Kier molecular flexibility index (Phi) is 4.13. The van der Waals surface area contributed by atoms with Gasteiger partial charge in [0.25, 0.3) is 0 Å². The summed E-state index contributed by atoms with van der Waals surface area (Å²) in [6.07, 6.45) is 3.19. The highest BCUT2D eigenvalue weighted by Crippen LogP contribution is 2.33. The van der Waals surface area contributed by atoms with Crippen LogP contribution < -0.4 is 9.64 Å². The van der Waals surface area contributed by atoms with E-state index in [1.807, 2.05) is 12.1 Å². The second-order valence-corrected chi connectivity index (χ2v) is 5.48. The van der Waals surface area contributed by atoms with E-state index in [1.165, 1.54) is 12.8 Å². The predicted molar refractivity (Wildman–Crippen MR) is 86.5 cm³/mol. The molecule has 0 saturated carbocycles.